The van der Waals surface area contributed by atoms with Gasteiger partial charge in [0.15, 0.2) is 6.67 Å². The number of nitrogens with one attached hydrogen (secondary N) is 1. The maximum absolute atomic E-state index is 12.6. The topological polar surface area (TPSA) is 63.8 Å². The Kier molecular flexibility index (Phi) is 4.89. The molecule has 0 aromatic carbocycles. The second kappa shape index (κ2) is 6.75. The van der Waals surface area contributed by atoms with Gasteiger partial charge in [0, 0.05) is 25.4 Å². The van der Waals surface area contributed by atoms with Gasteiger partial charge in [-0.2, -0.15) is 4.31 Å². The molecule has 0 saturated carbocycles. The summed E-state index contributed by atoms with van der Waals surface area (Å²) >= 11 is 0. The van der Waals surface area contributed by atoms with Crippen molar-refractivity contribution in [3.63, 3.8) is 0 Å². The van der Waals surface area contributed by atoms with E-state index in [9.17, 15) is 13.2 Å². The number of hydrogen-bond donors (Lipinski definition) is 1. The first-order valence-corrected chi connectivity index (χ1v) is 9.95. The van der Waals surface area contributed by atoms with E-state index in [2.05, 4.69) is 6.92 Å². The average molecular weight is 340 g/mol. The third-order valence-corrected chi connectivity index (χ3v) is 6.92. The van der Waals surface area contributed by atoms with Gasteiger partial charge in [0.25, 0.3) is 5.56 Å². The van der Waals surface area contributed by atoms with Crippen LogP contribution in [0.15, 0.2) is 28.0 Å². The highest BCUT2D eigenvalue weighted by Gasteiger charge is 2.28. The highest BCUT2D eigenvalue weighted by Crippen LogP contribution is 2.19. The average Bonchev–Trinajstić information content (AvgIpc) is 3.06. The van der Waals surface area contributed by atoms with Crippen molar-refractivity contribution in [2.45, 2.75) is 44.2 Å². The molecule has 0 aliphatic carbocycles. The van der Waals surface area contributed by atoms with E-state index in [-0.39, 0.29) is 10.5 Å². The van der Waals surface area contributed by atoms with E-state index in [1.54, 1.807) is 4.57 Å². The summed E-state index contributed by atoms with van der Waals surface area (Å²) in [4.78, 5) is 13.7. The zero-order valence-corrected chi connectivity index (χ0v) is 14.5. The predicted octanol–water partition coefficient (Wildman–Crippen LogP) is -0.0949. The smallest absolute Gasteiger partial charge is 0.254 e. The summed E-state index contributed by atoms with van der Waals surface area (Å²) in [6, 6.07) is 2.83. The SMILES string of the molecule is CC1CC[NH+](Cn2cc(S(=O)(=O)N3CCCC3)ccc2=O)CC1. The van der Waals surface area contributed by atoms with Crippen LogP contribution in [0, 0.1) is 5.92 Å². The van der Waals surface area contributed by atoms with Crippen LogP contribution in [0.2, 0.25) is 0 Å². The minimum Gasteiger partial charge on any atom is -0.317 e. The molecule has 0 bridgehead atoms. The summed E-state index contributed by atoms with van der Waals surface area (Å²) < 4.78 is 28.4. The van der Waals surface area contributed by atoms with E-state index in [1.165, 1.54) is 27.5 Å². The first kappa shape index (κ1) is 16.7. The predicted molar refractivity (Wildman–Crippen MR) is 87.8 cm³/mol. The summed E-state index contributed by atoms with van der Waals surface area (Å²) in [5, 5.41) is 0. The quantitative estimate of drug-likeness (QED) is 0.833. The van der Waals surface area contributed by atoms with Gasteiger partial charge in [-0.25, -0.2) is 8.42 Å². The number of rotatable bonds is 4. The number of pyridine rings is 1. The fourth-order valence-electron chi connectivity index (χ4n) is 3.43. The largest absolute Gasteiger partial charge is 0.317 e. The number of aromatic nitrogens is 1. The zero-order chi connectivity index (χ0) is 16.4. The van der Waals surface area contributed by atoms with Gasteiger partial charge in [0.2, 0.25) is 10.0 Å². The second-order valence-corrected chi connectivity index (χ2v) is 8.81. The molecule has 0 unspecified atom stereocenters. The van der Waals surface area contributed by atoms with Gasteiger partial charge in [-0.15, -0.1) is 0 Å². The molecule has 23 heavy (non-hydrogen) atoms. The van der Waals surface area contributed by atoms with Gasteiger partial charge < -0.3 is 4.90 Å². The monoisotopic (exact) mass is 340 g/mol. The van der Waals surface area contributed by atoms with Crippen LogP contribution < -0.4 is 10.5 Å². The van der Waals surface area contributed by atoms with E-state index < -0.39 is 10.0 Å². The Hall–Kier alpha value is -1.18. The highest BCUT2D eigenvalue weighted by atomic mass is 32.2. The Bertz CT molecular complexity index is 700. The van der Waals surface area contributed by atoms with Gasteiger partial charge in [0.05, 0.1) is 18.0 Å². The number of hydrogen-bond acceptors (Lipinski definition) is 3. The minimum absolute atomic E-state index is 0.128. The van der Waals surface area contributed by atoms with Crippen LogP contribution in [-0.4, -0.2) is 43.5 Å². The Balaban J connectivity index is 1.80. The Morgan fingerprint density at radius 2 is 1.83 bits per heavy atom. The third-order valence-electron chi connectivity index (χ3n) is 5.03. The summed E-state index contributed by atoms with van der Waals surface area (Å²) in [6.07, 6.45) is 5.68. The van der Waals surface area contributed by atoms with Crippen LogP contribution in [0.25, 0.3) is 0 Å². The van der Waals surface area contributed by atoms with Crippen molar-refractivity contribution in [2.75, 3.05) is 26.2 Å². The van der Waals surface area contributed by atoms with E-state index in [0.717, 1.165) is 44.7 Å². The highest BCUT2D eigenvalue weighted by molar-refractivity contribution is 7.89. The molecular formula is C16H26N3O3S+. The lowest BCUT2D eigenvalue weighted by atomic mass is 10.00. The van der Waals surface area contributed by atoms with Gasteiger partial charge in [-0.05, 0) is 37.7 Å². The number of nitrogens with zero attached hydrogens (tertiary/aromatic N) is 2. The Morgan fingerprint density at radius 3 is 2.48 bits per heavy atom. The first-order chi connectivity index (χ1) is 11.0. The molecule has 7 heteroatoms. The molecule has 2 aliphatic rings. The molecule has 128 valence electrons. The molecule has 0 radical (unpaired) electrons. The van der Waals surface area contributed by atoms with Crippen molar-refractivity contribution in [1.29, 1.82) is 0 Å². The molecular weight excluding hydrogens is 314 g/mol. The van der Waals surface area contributed by atoms with Gasteiger partial charge in [0.1, 0.15) is 0 Å². The van der Waals surface area contributed by atoms with E-state index in [0.29, 0.717) is 19.8 Å². The molecule has 2 aliphatic heterocycles. The lowest BCUT2D eigenvalue weighted by Gasteiger charge is -2.27. The van der Waals surface area contributed by atoms with E-state index in [4.69, 9.17) is 0 Å². The maximum Gasteiger partial charge on any atom is 0.254 e. The second-order valence-electron chi connectivity index (χ2n) is 6.87. The molecule has 0 atom stereocenters. The van der Waals surface area contributed by atoms with Crippen LogP contribution in [0.4, 0.5) is 0 Å². The van der Waals surface area contributed by atoms with Crippen LogP contribution in [0.5, 0.6) is 0 Å². The lowest BCUT2D eigenvalue weighted by molar-refractivity contribution is -0.928. The van der Waals surface area contributed by atoms with E-state index in [1.807, 2.05) is 0 Å². The van der Waals surface area contributed by atoms with Crippen molar-refractivity contribution in [3.8, 4) is 0 Å². The normalized spacial score (nSPS) is 26.5. The van der Waals surface area contributed by atoms with Crippen molar-refractivity contribution in [3.05, 3.63) is 28.7 Å². The van der Waals surface area contributed by atoms with Crippen LogP contribution in [0.1, 0.15) is 32.6 Å². The molecule has 1 aromatic heterocycles. The van der Waals surface area contributed by atoms with Crippen LogP contribution in [-0.2, 0) is 16.7 Å². The molecule has 1 N–H and O–H groups in total. The first-order valence-electron chi connectivity index (χ1n) is 8.51. The lowest BCUT2D eigenvalue weighted by Crippen LogP contribution is -3.12. The van der Waals surface area contributed by atoms with E-state index >= 15 is 0 Å². The molecule has 6 nitrogen and oxygen atoms in total. The van der Waals surface area contributed by atoms with Crippen molar-refractivity contribution < 1.29 is 13.3 Å². The van der Waals surface area contributed by atoms with Crippen molar-refractivity contribution in [1.82, 2.24) is 8.87 Å². The molecule has 1 aromatic rings. The molecule has 3 rings (SSSR count). The number of sulfonamides is 1. The number of likely N-dealkylation sites (tertiary alicyclic amines) is 1. The number of piperidine rings is 1. The molecule has 0 spiro atoms. The molecule has 2 saturated heterocycles. The van der Waals surface area contributed by atoms with Crippen LogP contribution in [0.3, 0.4) is 0 Å². The van der Waals surface area contributed by atoms with Gasteiger partial charge in [-0.1, -0.05) is 6.92 Å². The zero-order valence-electron chi connectivity index (χ0n) is 13.7. The summed E-state index contributed by atoms with van der Waals surface area (Å²) in [5.41, 5.74) is -0.128. The summed E-state index contributed by atoms with van der Waals surface area (Å²) in [7, 11) is -3.46. The standard InChI is InChI=1S/C16H25N3O3S/c1-14-6-10-17(11-7-14)13-18-12-15(4-5-16(18)20)23(21,22)19-8-2-3-9-19/h4-5,12,14H,2-3,6-11,13H2,1H3/p+1. The Labute approximate surface area is 137 Å². The van der Waals surface area contributed by atoms with Crippen molar-refractivity contribution >= 4 is 10.0 Å². The Morgan fingerprint density at radius 1 is 1.17 bits per heavy atom. The maximum atomic E-state index is 12.6. The molecule has 3 heterocycles. The van der Waals surface area contributed by atoms with Crippen LogP contribution >= 0.6 is 0 Å². The minimum atomic E-state index is -3.46. The van der Waals surface area contributed by atoms with Crippen molar-refractivity contribution in [2.24, 2.45) is 5.92 Å². The molecule has 2 fully saturated rings. The third kappa shape index (κ3) is 3.67. The summed E-state index contributed by atoms with van der Waals surface area (Å²) in [5.74, 6) is 0.748. The number of quaternary nitrogens is 1. The van der Waals surface area contributed by atoms with Gasteiger partial charge in [-0.3, -0.25) is 9.36 Å². The summed E-state index contributed by atoms with van der Waals surface area (Å²) in [6.45, 7) is 6.04. The fraction of sp³-hybridized carbons (Fsp3) is 0.688. The molecule has 0 amide bonds. The fourth-order valence-corrected chi connectivity index (χ4v) is 4.97. The van der Waals surface area contributed by atoms with Gasteiger partial charge >= 0.3 is 0 Å².